The summed E-state index contributed by atoms with van der Waals surface area (Å²) in [5.74, 6) is -0.950. The Balaban J connectivity index is 2.10. The molecule has 0 saturated heterocycles. The molecule has 2 amide bonds. The van der Waals surface area contributed by atoms with E-state index in [1.54, 1.807) is 41.5 Å². The predicted molar refractivity (Wildman–Crippen MR) is 131 cm³/mol. The Hall–Kier alpha value is -4.08. The predicted octanol–water partition coefficient (Wildman–Crippen LogP) is 5.93. The Morgan fingerprint density at radius 2 is 1.53 bits per heavy atom. The Morgan fingerprint density at radius 1 is 0.917 bits per heavy atom. The van der Waals surface area contributed by atoms with Gasteiger partial charge in [0.05, 0.1) is 18.1 Å². The number of hydrogen-bond acceptors (Lipinski definition) is 8. The third-order valence-corrected chi connectivity index (χ3v) is 4.31. The Kier molecular flexibility index (Phi) is 7.87. The van der Waals surface area contributed by atoms with Crippen LogP contribution in [0.1, 0.15) is 47.1 Å². The molecule has 0 aliphatic carbocycles. The van der Waals surface area contributed by atoms with Crippen LogP contribution in [0.2, 0.25) is 0 Å². The van der Waals surface area contributed by atoms with Crippen molar-refractivity contribution >= 4 is 18.0 Å². The normalized spacial score (nSPS) is 11.5. The van der Waals surface area contributed by atoms with Gasteiger partial charge in [-0.05, 0) is 53.2 Å². The number of pyridine rings is 1. The van der Waals surface area contributed by atoms with Crippen LogP contribution in [-0.2, 0) is 16.1 Å². The number of amides is 2. The summed E-state index contributed by atoms with van der Waals surface area (Å²) in [5, 5.41) is 0. The number of imide groups is 1. The summed E-state index contributed by atoms with van der Waals surface area (Å²) in [7, 11) is 0. The van der Waals surface area contributed by atoms with Gasteiger partial charge in [-0.3, -0.25) is 4.98 Å². The van der Waals surface area contributed by atoms with Crippen LogP contribution in [0.15, 0.2) is 55.0 Å². The molecular formula is C26H29FN4O5. The lowest BCUT2D eigenvalue weighted by Crippen LogP contribution is -2.44. The van der Waals surface area contributed by atoms with Crippen LogP contribution in [0.4, 0.5) is 19.8 Å². The highest BCUT2D eigenvalue weighted by atomic mass is 19.1. The molecule has 2 heterocycles. The molecule has 36 heavy (non-hydrogen) atoms. The maximum Gasteiger partial charge on any atom is 0.425 e. The fourth-order valence-electron chi connectivity index (χ4n) is 2.90. The summed E-state index contributed by atoms with van der Waals surface area (Å²) < 4.78 is 30.6. The van der Waals surface area contributed by atoms with Gasteiger partial charge in [0, 0.05) is 11.8 Å². The number of rotatable bonds is 5. The second-order valence-corrected chi connectivity index (χ2v) is 9.85. The van der Waals surface area contributed by atoms with Crippen LogP contribution in [-0.4, -0.2) is 38.3 Å². The molecule has 190 valence electrons. The van der Waals surface area contributed by atoms with Gasteiger partial charge in [0.15, 0.2) is 0 Å². The molecule has 0 bridgehead atoms. The van der Waals surface area contributed by atoms with Crippen LogP contribution in [0.3, 0.4) is 0 Å². The zero-order valence-corrected chi connectivity index (χ0v) is 21.1. The molecule has 0 fully saturated rings. The Bertz CT molecular complexity index is 1190. The van der Waals surface area contributed by atoms with Gasteiger partial charge >= 0.3 is 12.2 Å². The van der Waals surface area contributed by atoms with Crippen LogP contribution in [0, 0.1) is 5.82 Å². The van der Waals surface area contributed by atoms with Crippen molar-refractivity contribution in [1.29, 1.82) is 0 Å². The van der Waals surface area contributed by atoms with Crippen molar-refractivity contribution < 1.29 is 28.2 Å². The van der Waals surface area contributed by atoms with Gasteiger partial charge in [-0.2, -0.15) is 4.90 Å². The fourth-order valence-corrected chi connectivity index (χ4v) is 2.90. The number of hydrogen-bond donors (Lipinski definition) is 0. The number of carbonyl (C=O) groups excluding carboxylic acids is 2. The summed E-state index contributed by atoms with van der Waals surface area (Å²) in [6.07, 6.45) is 1.72. The van der Waals surface area contributed by atoms with Gasteiger partial charge in [-0.25, -0.2) is 23.9 Å². The first-order valence-corrected chi connectivity index (χ1v) is 11.2. The van der Waals surface area contributed by atoms with E-state index in [4.69, 9.17) is 14.2 Å². The minimum absolute atomic E-state index is 0.0594. The monoisotopic (exact) mass is 496 g/mol. The first kappa shape index (κ1) is 26.5. The summed E-state index contributed by atoms with van der Waals surface area (Å²) in [4.78, 5) is 39.5. The van der Waals surface area contributed by atoms with E-state index in [-0.39, 0.29) is 24.0 Å². The molecule has 10 heteroatoms. The molecule has 9 nitrogen and oxygen atoms in total. The highest BCUT2D eigenvalue weighted by Gasteiger charge is 2.36. The standard InChI is InChI=1S/C26H29FN4O5/c1-25(2,3)35-23(32)31(24(33)36-26(4,5)6)21-22(34-16-17-10-8-7-9-11-17)30-20(15-29-21)18-12-19(27)14-28-13-18/h7-15H,16H2,1-6H3. The molecule has 0 unspecified atom stereocenters. The lowest BCUT2D eigenvalue weighted by atomic mass is 10.2. The van der Waals surface area contributed by atoms with Crippen molar-refractivity contribution in [3.05, 3.63) is 66.4 Å². The topological polar surface area (TPSA) is 104 Å². The molecule has 1 aromatic carbocycles. The zero-order chi connectivity index (χ0) is 26.5. The molecule has 0 spiro atoms. The second-order valence-electron chi connectivity index (χ2n) is 9.85. The number of benzene rings is 1. The number of halogens is 1. The van der Waals surface area contributed by atoms with E-state index in [0.717, 1.165) is 11.8 Å². The molecule has 3 aromatic rings. The van der Waals surface area contributed by atoms with Crippen molar-refractivity contribution in [1.82, 2.24) is 15.0 Å². The van der Waals surface area contributed by atoms with Crippen molar-refractivity contribution in [3.63, 3.8) is 0 Å². The van der Waals surface area contributed by atoms with Crippen molar-refractivity contribution in [2.75, 3.05) is 4.90 Å². The van der Waals surface area contributed by atoms with Gasteiger partial charge < -0.3 is 14.2 Å². The molecule has 0 N–H and O–H groups in total. The third-order valence-electron chi connectivity index (χ3n) is 4.31. The molecule has 0 saturated carbocycles. The smallest absolute Gasteiger partial charge is 0.425 e. The Labute approximate surface area is 209 Å². The molecule has 2 aromatic heterocycles. The molecule has 3 rings (SSSR count). The first-order chi connectivity index (χ1) is 16.8. The first-order valence-electron chi connectivity index (χ1n) is 11.2. The molecule has 0 radical (unpaired) electrons. The highest BCUT2D eigenvalue weighted by molar-refractivity contribution is 6.09. The lowest BCUT2D eigenvalue weighted by molar-refractivity contribution is 0.0426. The fraction of sp³-hybridized carbons (Fsp3) is 0.346. The van der Waals surface area contributed by atoms with Crippen LogP contribution in [0.5, 0.6) is 5.88 Å². The van der Waals surface area contributed by atoms with Crippen molar-refractivity contribution in [2.24, 2.45) is 0 Å². The summed E-state index contributed by atoms with van der Waals surface area (Å²) in [6, 6.07) is 10.5. The number of ether oxygens (including phenoxy) is 3. The largest absolute Gasteiger partial charge is 0.470 e. The van der Waals surface area contributed by atoms with Crippen LogP contribution < -0.4 is 9.64 Å². The van der Waals surface area contributed by atoms with Crippen molar-refractivity contribution in [3.8, 4) is 17.1 Å². The van der Waals surface area contributed by atoms with E-state index in [0.29, 0.717) is 10.5 Å². The lowest BCUT2D eigenvalue weighted by Gasteiger charge is -2.28. The third kappa shape index (κ3) is 7.46. The summed E-state index contributed by atoms with van der Waals surface area (Å²) in [5.41, 5.74) is -0.461. The SMILES string of the molecule is CC(C)(C)OC(=O)N(C(=O)OC(C)(C)C)c1ncc(-c2cncc(F)c2)nc1OCc1ccccc1. The quantitative estimate of drug-likeness (QED) is 0.428. The van der Waals surface area contributed by atoms with E-state index in [9.17, 15) is 14.0 Å². The molecule has 0 atom stereocenters. The van der Waals surface area contributed by atoms with Gasteiger partial charge in [0.1, 0.15) is 23.6 Å². The maximum atomic E-state index is 13.8. The zero-order valence-electron chi connectivity index (χ0n) is 21.1. The van der Waals surface area contributed by atoms with E-state index in [2.05, 4.69) is 15.0 Å². The number of carbonyl (C=O) groups is 2. The molecular weight excluding hydrogens is 467 g/mol. The number of aromatic nitrogens is 3. The second kappa shape index (κ2) is 10.7. The maximum absolute atomic E-state index is 13.8. The van der Waals surface area contributed by atoms with E-state index >= 15 is 0 Å². The molecule has 0 aliphatic rings. The average Bonchev–Trinajstić information content (AvgIpc) is 2.76. The minimum Gasteiger partial charge on any atom is -0.470 e. The molecule has 0 aliphatic heterocycles. The van der Waals surface area contributed by atoms with Gasteiger partial charge in [0.25, 0.3) is 5.88 Å². The number of anilines is 1. The van der Waals surface area contributed by atoms with Crippen LogP contribution >= 0.6 is 0 Å². The minimum atomic E-state index is -1.02. The van der Waals surface area contributed by atoms with Gasteiger partial charge in [0.2, 0.25) is 5.82 Å². The van der Waals surface area contributed by atoms with E-state index < -0.39 is 29.2 Å². The van der Waals surface area contributed by atoms with Gasteiger partial charge in [-0.15, -0.1) is 0 Å². The average molecular weight is 497 g/mol. The number of nitrogens with zero attached hydrogens (tertiary/aromatic N) is 4. The highest BCUT2D eigenvalue weighted by Crippen LogP contribution is 2.31. The Morgan fingerprint density at radius 3 is 2.08 bits per heavy atom. The summed E-state index contributed by atoms with van der Waals surface area (Å²) in [6.45, 7) is 10.0. The van der Waals surface area contributed by atoms with Gasteiger partial charge in [-0.1, -0.05) is 30.3 Å². The van der Waals surface area contributed by atoms with Crippen molar-refractivity contribution in [2.45, 2.75) is 59.4 Å². The van der Waals surface area contributed by atoms with Crippen LogP contribution in [0.25, 0.3) is 11.3 Å². The van der Waals surface area contributed by atoms with E-state index in [1.165, 1.54) is 18.5 Å². The van der Waals surface area contributed by atoms with E-state index in [1.807, 2.05) is 30.3 Å². The summed E-state index contributed by atoms with van der Waals surface area (Å²) >= 11 is 0.